The van der Waals surface area contributed by atoms with Crippen LogP contribution in [0.25, 0.3) is 0 Å². The average molecular weight is 233 g/mol. The zero-order chi connectivity index (χ0) is 12.2. The topological polar surface area (TPSA) is 95.3 Å². The monoisotopic (exact) mass is 233 g/mol. The van der Waals surface area contributed by atoms with Crippen molar-refractivity contribution in [2.45, 2.75) is 5.92 Å². The van der Waals surface area contributed by atoms with Gasteiger partial charge in [-0.15, -0.1) is 0 Å². The fourth-order valence-corrected chi connectivity index (χ4v) is 0.830. The maximum Gasteiger partial charge on any atom is 0.356 e. The predicted molar refractivity (Wildman–Crippen MR) is 49.5 cm³/mol. The molecule has 88 valence electrons. The number of hydrogen-bond acceptors (Lipinski definition) is 5. The molecule has 0 saturated carbocycles. The Balaban J connectivity index is 2.68. The number of carboxylic acid groups (broad SMARTS) is 1. The lowest BCUT2D eigenvalue weighted by Gasteiger charge is -2.14. The van der Waals surface area contributed by atoms with Crippen molar-refractivity contribution in [1.29, 1.82) is 0 Å². The minimum absolute atomic E-state index is 0.0898. The minimum atomic E-state index is -3.29. The third-order valence-corrected chi connectivity index (χ3v) is 1.61. The molecule has 6 nitrogen and oxygen atoms in total. The van der Waals surface area contributed by atoms with E-state index in [2.05, 4.69) is 15.3 Å². The highest BCUT2D eigenvalue weighted by atomic mass is 19.3. The van der Waals surface area contributed by atoms with Crippen LogP contribution in [0, 0.1) is 0 Å². The molecule has 0 spiro atoms. The van der Waals surface area contributed by atoms with Crippen LogP contribution < -0.4 is 5.32 Å². The number of aromatic carboxylic acids is 1. The number of aliphatic hydroxyl groups excluding tert-OH is 1. The first-order valence-corrected chi connectivity index (χ1v) is 4.22. The summed E-state index contributed by atoms with van der Waals surface area (Å²) >= 11 is 0. The highest BCUT2D eigenvalue weighted by Crippen LogP contribution is 2.13. The summed E-state index contributed by atoms with van der Waals surface area (Å²) in [6, 6.07) is 0. The summed E-state index contributed by atoms with van der Waals surface area (Å²) in [5.41, 5.74) is -0.350. The molecule has 0 aliphatic carbocycles. The number of nitrogens with one attached hydrogen (secondary N) is 1. The third-order valence-electron chi connectivity index (χ3n) is 1.61. The highest BCUT2D eigenvalue weighted by molar-refractivity contribution is 5.85. The van der Waals surface area contributed by atoms with E-state index in [1.165, 1.54) is 0 Å². The van der Waals surface area contributed by atoms with Crippen molar-refractivity contribution in [2.75, 3.05) is 18.5 Å². The van der Waals surface area contributed by atoms with E-state index in [1.807, 2.05) is 0 Å². The van der Waals surface area contributed by atoms with Gasteiger partial charge in [0.2, 0.25) is 0 Å². The van der Waals surface area contributed by atoms with Gasteiger partial charge in [-0.2, -0.15) is 0 Å². The molecule has 0 bridgehead atoms. The molecule has 3 N–H and O–H groups in total. The van der Waals surface area contributed by atoms with E-state index in [4.69, 9.17) is 10.2 Å². The van der Waals surface area contributed by atoms with E-state index >= 15 is 0 Å². The Bertz CT molecular complexity index is 387. The van der Waals surface area contributed by atoms with Crippen molar-refractivity contribution in [3.63, 3.8) is 0 Å². The summed E-state index contributed by atoms with van der Waals surface area (Å²) in [6.07, 6.45) is 2.11. The lowest BCUT2D eigenvalue weighted by atomic mass is 10.3. The second kappa shape index (κ2) is 4.79. The molecule has 0 amide bonds. The van der Waals surface area contributed by atoms with Gasteiger partial charge in [0.1, 0.15) is 12.4 Å². The Kier molecular flexibility index (Phi) is 3.67. The van der Waals surface area contributed by atoms with Crippen LogP contribution in [0.1, 0.15) is 10.5 Å². The normalized spacial score (nSPS) is 11.2. The average Bonchev–Trinajstić information content (AvgIpc) is 2.27. The molecule has 0 saturated heterocycles. The Morgan fingerprint density at radius 2 is 2.19 bits per heavy atom. The van der Waals surface area contributed by atoms with Crippen LogP contribution in [-0.4, -0.2) is 45.2 Å². The quantitative estimate of drug-likeness (QED) is 0.673. The number of anilines is 1. The number of aliphatic hydroxyl groups is 1. The predicted octanol–water partition coefficient (Wildman–Crippen LogP) is 0.214. The Morgan fingerprint density at radius 3 is 2.75 bits per heavy atom. The summed E-state index contributed by atoms with van der Waals surface area (Å²) in [5, 5.41) is 19.0. The number of alkyl halides is 2. The molecule has 0 unspecified atom stereocenters. The van der Waals surface area contributed by atoms with E-state index < -0.39 is 25.0 Å². The van der Waals surface area contributed by atoms with Crippen LogP contribution in [-0.2, 0) is 0 Å². The van der Waals surface area contributed by atoms with E-state index in [9.17, 15) is 13.6 Å². The number of nitrogens with zero attached hydrogens (tertiary/aromatic N) is 2. The third kappa shape index (κ3) is 3.39. The molecular formula is C8H9F2N3O3. The van der Waals surface area contributed by atoms with Gasteiger partial charge >= 0.3 is 5.97 Å². The molecule has 16 heavy (non-hydrogen) atoms. The van der Waals surface area contributed by atoms with Gasteiger partial charge in [0.25, 0.3) is 5.92 Å². The van der Waals surface area contributed by atoms with E-state index in [-0.39, 0.29) is 11.5 Å². The van der Waals surface area contributed by atoms with Gasteiger partial charge in [0.05, 0.1) is 18.9 Å². The fourth-order valence-electron chi connectivity index (χ4n) is 0.830. The van der Waals surface area contributed by atoms with Crippen LogP contribution in [0.4, 0.5) is 14.6 Å². The molecular weight excluding hydrogens is 224 g/mol. The SMILES string of the molecule is O=C(O)c1cncc(NCC(F)(F)CO)n1. The van der Waals surface area contributed by atoms with Crippen molar-refractivity contribution in [2.24, 2.45) is 0 Å². The first-order chi connectivity index (χ1) is 7.44. The molecule has 1 rings (SSSR count). The second-order valence-corrected chi connectivity index (χ2v) is 2.96. The standard InChI is InChI=1S/C8H9F2N3O3/c9-8(10,4-14)3-12-6-2-11-1-5(13-6)7(15)16/h1-2,14H,3-4H2,(H,12,13)(H,15,16). The van der Waals surface area contributed by atoms with E-state index in [0.29, 0.717) is 0 Å². The van der Waals surface area contributed by atoms with Gasteiger partial charge in [-0.3, -0.25) is 4.98 Å². The summed E-state index contributed by atoms with van der Waals surface area (Å²) < 4.78 is 25.2. The zero-order valence-electron chi connectivity index (χ0n) is 8.02. The minimum Gasteiger partial charge on any atom is -0.476 e. The van der Waals surface area contributed by atoms with Crippen LogP contribution in [0.5, 0.6) is 0 Å². The number of hydrogen-bond donors (Lipinski definition) is 3. The van der Waals surface area contributed by atoms with Crippen molar-refractivity contribution in [3.8, 4) is 0 Å². The Morgan fingerprint density at radius 1 is 1.50 bits per heavy atom. The number of rotatable bonds is 5. The number of carbonyl (C=O) groups is 1. The number of aromatic nitrogens is 2. The molecule has 1 aromatic heterocycles. The molecule has 0 atom stereocenters. The van der Waals surface area contributed by atoms with Crippen LogP contribution in [0.15, 0.2) is 12.4 Å². The highest BCUT2D eigenvalue weighted by Gasteiger charge is 2.27. The fraction of sp³-hybridized carbons (Fsp3) is 0.375. The molecule has 0 aliphatic rings. The van der Waals surface area contributed by atoms with Crippen LogP contribution >= 0.6 is 0 Å². The number of carboxylic acids is 1. The van der Waals surface area contributed by atoms with Gasteiger partial charge in [-0.25, -0.2) is 18.6 Å². The maximum absolute atomic E-state index is 12.6. The molecule has 1 heterocycles. The van der Waals surface area contributed by atoms with Crippen molar-refractivity contribution in [1.82, 2.24) is 9.97 Å². The lowest BCUT2D eigenvalue weighted by molar-refractivity contribution is -0.0373. The summed E-state index contributed by atoms with van der Waals surface area (Å²) in [5.74, 6) is -4.68. The molecule has 0 fully saturated rings. The summed E-state index contributed by atoms with van der Waals surface area (Å²) in [7, 11) is 0. The molecule has 0 radical (unpaired) electrons. The molecule has 8 heteroatoms. The molecule has 0 aromatic carbocycles. The van der Waals surface area contributed by atoms with Gasteiger partial charge in [0.15, 0.2) is 5.69 Å². The largest absolute Gasteiger partial charge is 0.476 e. The van der Waals surface area contributed by atoms with Gasteiger partial charge in [-0.1, -0.05) is 0 Å². The first-order valence-electron chi connectivity index (χ1n) is 4.22. The van der Waals surface area contributed by atoms with Crippen molar-refractivity contribution in [3.05, 3.63) is 18.1 Å². The molecule has 1 aromatic rings. The van der Waals surface area contributed by atoms with Crippen LogP contribution in [0.3, 0.4) is 0 Å². The first kappa shape index (κ1) is 12.2. The Hall–Kier alpha value is -1.83. The van der Waals surface area contributed by atoms with Gasteiger partial charge in [-0.05, 0) is 0 Å². The molecule has 0 aliphatic heterocycles. The van der Waals surface area contributed by atoms with Gasteiger partial charge in [0, 0.05) is 0 Å². The summed E-state index contributed by atoms with van der Waals surface area (Å²) in [4.78, 5) is 17.5. The number of halogens is 2. The van der Waals surface area contributed by atoms with Crippen LogP contribution in [0.2, 0.25) is 0 Å². The zero-order valence-corrected chi connectivity index (χ0v) is 8.02. The Labute approximate surface area is 89.0 Å². The second-order valence-electron chi connectivity index (χ2n) is 2.96. The van der Waals surface area contributed by atoms with Crippen molar-refractivity contribution >= 4 is 11.8 Å². The van der Waals surface area contributed by atoms with E-state index in [0.717, 1.165) is 12.4 Å². The van der Waals surface area contributed by atoms with Gasteiger partial charge < -0.3 is 15.5 Å². The smallest absolute Gasteiger partial charge is 0.356 e. The van der Waals surface area contributed by atoms with E-state index in [1.54, 1.807) is 0 Å². The lowest BCUT2D eigenvalue weighted by Crippen LogP contribution is -2.31. The van der Waals surface area contributed by atoms with Crippen molar-refractivity contribution < 1.29 is 23.8 Å². The summed E-state index contributed by atoms with van der Waals surface area (Å²) in [6.45, 7) is -2.15. The maximum atomic E-state index is 12.6.